The first-order chi connectivity index (χ1) is 17.5. The average molecular weight is 499 g/mol. The third kappa shape index (κ3) is 7.64. The zero-order chi connectivity index (χ0) is 25.3. The molecule has 0 amide bonds. The van der Waals surface area contributed by atoms with Crippen LogP contribution in [0.3, 0.4) is 0 Å². The van der Waals surface area contributed by atoms with E-state index in [1.54, 1.807) is 36.4 Å². The van der Waals surface area contributed by atoms with E-state index in [4.69, 9.17) is 4.74 Å². The lowest BCUT2D eigenvalue weighted by Gasteiger charge is -2.35. The lowest BCUT2D eigenvalue weighted by Crippen LogP contribution is -2.47. The largest absolute Gasteiger partial charge is 0.388 e. The zero-order valence-corrected chi connectivity index (χ0v) is 20.3. The molecule has 36 heavy (non-hydrogen) atoms. The van der Waals surface area contributed by atoms with E-state index in [9.17, 15) is 18.3 Å². The third-order valence-electron chi connectivity index (χ3n) is 6.71. The summed E-state index contributed by atoms with van der Waals surface area (Å²) in [5, 5.41) is 10.3. The SMILES string of the molecule is OC(CCCN1CCN(CCOC(c2ccc(F)cc2)c2ccc(F)cc2)CC1)c1ccc(F)cc1. The van der Waals surface area contributed by atoms with Gasteiger partial charge in [-0.25, -0.2) is 13.2 Å². The van der Waals surface area contributed by atoms with Crippen LogP contribution in [0.1, 0.15) is 41.7 Å². The van der Waals surface area contributed by atoms with Crippen molar-refractivity contribution in [3.8, 4) is 0 Å². The summed E-state index contributed by atoms with van der Waals surface area (Å²) in [5.74, 6) is -0.908. The summed E-state index contributed by atoms with van der Waals surface area (Å²) in [7, 11) is 0. The van der Waals surface area contributed by atoms with E-state index in [0.717, 1.165) is 62.4 Å². The number of nitrogens with zero attached hydrogens (tertiary/aromatic N) is 2. The Bertz CT molecular complexity index is 1010. The van der Waals surface area contributed by atoms with Gasteiger partial charge in [-0.2, -0.15) is 0 Å². The van der Waals surface area contributed by atoms with Crippen molar-refractivity contribution < 1.29 is 23.0 Å². The molecule has 3 aromatic carbocycles. The van der Waals surface area contributed by atoms with Crippen LogP contribution in [0.2, 0.25) is 0 Å². The lowest BCUT2D eigenvalue weighted by molar-refractivity contribution is 0.0443. The van der Waals surface area contributed by atoms with Crippen molar-refractivity contribution in [2.75, 3.05) is 45.9 Å². The number of ether oxygens (including phenoxy) is 1. The molecule has 0 spiro atoms. The van der Waals surface area contributed by atoms with Gasteiger partial charge >= 0.3 is 0 Å². The van der Waals surface area contributed by atoms with Gasteiger partial charge in [0, 0.05) is 32.7 Å². The van der Waals surface area contributed by atoms with E-state index in [1.165, 1.54) is 36.4 Å². The van der Waals surface area contributed by atoms with E-state index in [2.05, 4.69) is 9.80 Å². The summed E-state index contributed by atoms with van der Waals surface area (Å²) >= 11 is 0. The van der Waals surface area contributed by atoms with Gasteiger partial charge in [0.2, 0.25) is 0 Å². The van der Waals surface area contributed by atoms with Crippen molar-refractivity contribution in [1.29, 1.82) is 0 Å². The number of halogens is 3. The maximum absolute atomic E-state index is 13.4. The summed E-state index contributed by atoms with van der Waals surface area (Å²) in [6.45, 7) is 5.96. The predicted molar refractivity (Wildman–Crippen MR) is 134 cm³/mol. The molecule has 4 rings (SSSR count). The number of rotatable bonds is 11. The molecule has 7 heteroatoms. The van der Waals surface area contributed by atoms with Crippen LogP contribution in [0.5, 0.6) is 0 Å². The van der Waals surface area contributed by atoms with Crippen molar-refractivity contribution in [3.05, 3.63) is 107 Å². The molecule has 1 unspecified atom stereocenters. The zero-order valence-electron chi connectivity index (χ0n) is 20.3. The van der Waals surface area contributed by atoms with Crippen molar-refractivity contribution in [3.63, 3.8) is 0 Å². The van der Waals surface area contributed by atoms with Crippen LogP contribution in [0, 0.1) is 17.5 Å². The topological polar surface area (TPSA) is 35.9 Å². The van der Waals surface area contributed by atoms with Crippen LogP contribution < -0.4 is 0 Å². The first kappa shape index (κ1) is 26.4. The molecule has 1 atom stereocenters. The van der Waals surface area contributed by atoms with E-state index < -0.39 is 6.10 Å². The van der Waals surface area contributed by atoms with Crippen LogP contribution >= 0.6 is 0 Å². The molecule has 0 radical (unpaired) electrons. The van der Waals surface area contributed by atoms with Gasteiger partial charge in [0.25, 0.3) is 0 Å². The van der Waals surface area contributed by atoms with Gasteiger partial charge in [0.15, 0.2) is 0 Å². The second-order valence-electron chi connectivity index (χ2n) is 9.25. The second kappa shape index (κ2) is 13.0. The van der Waals surface area contributed by atoms with Crippen molar-refractivity contribution >= 4 is 0 Å². The predicted octanol–water partition coefficient (Wildman–Crippen LogP) is 5.34. The Morgan fingerprint density at radius 3 is 1.53 bits per heavy atom. The molecule has 1 aliphatic heterocycles. The monoisotopic (exact) mass is 498 g/mol. The number of aliphatic hydroxyl groups is 1. The molecule has 0 aromatic heterocycles. The Kier molecular flexibility index (Phi) is 9.53. The summed E-state index contributed by atoms with van der Waals surface area (Å²) in [6.07, 6.45) is 0.561. The van der Waals surface area contributed by atoms with Crippen LogP contribution in [-0.4, -0.2) is 60.8 Å². The molecule has 3 aromatic rings. The highest BCUT2D eigenvalue weighted by molar-refractivity contribution is 5.30. The van der Waals surface area contributed by atoms with Crippen molar-refractivity contribution in [1.82, 2.24) is 9.80 Å². The molecule has 1 heterocycles. The molecule has 1 saturated heterocycles. The van der Waals surface area contributed by atoms with Gasteiger partial charge in [0.1, 0.15) is 23.6 Å². The Morgan fingerprint density at radius 1 is 0.639 bits per heavy atom. The van der Waals surface area contributed by atoms with E-state index in [-0.39, 0.29) is 23.6 Å². The van der Waals surface area contributed by atoms with E-state index in [1.807, 2.05) is 0 Å². The first-order valence-electron chi connectivity index (χ1n) is 12.5. The highest BCUT2D eigenvalue weighted by Crippen LogP contribution is 2.26. The van der Waals surface area contributed by atoms with Crippen LogP contribution in [0.25, 0.3) is 0 Å². The second-order valence-corrected chi connectivity index (χ2v) is 9.25. The van der Waals surface area contributed by atoms with Gasteiger partial charge in [-0.1, -0.05) is 36.4 Å². The maximum Gasteiger partial charge on any atom is 0.123 e. The summed E-state index contributed by atoms with van der Waals surface area (Å²) in [5.41, 5.74) is 2.41. The Balaban J connectivity index is 1.19. The molecule has 192 valence electrons. The highest BCUT2D eigenvalue weighted by Gasteiger charge is 2.19. The number of piperazine rings is 1. The molecule has 0 aliphatic carbocycles. The van der Waals surface area contributed by atoms with Crippen molar-refractivity contribution in [2.24, 2.45) is 0 Å². The molecule has 1 fully saturated rings. The lowest BCUT2D eigenvalue weighted by atomic mass is 10.0. The fourth-order valence-electron chi connectivity index (χ4n) is 4.56. The van der Waals surface area contributed by atoms with Crippen LogP contribution in [-0.2, 0) is 4.74 Å². The van der Waals surface area contributed by atoms with E-state index in [0.29, 0.717) is 13.0 Å². The number of hydrogen-bond acceptors (Lipinski definition) is 4. The number of benzene rings is 3. The molecular weight excluding hydrogens is 465 g/mol. The van der Waals surface area contributed by atoms with E-state index >= 15 is 0 Å². The minimum Gasteiger partial charge on any atom is -0.388 e. The van der Waals surface area contributed by atoms with Crippen LogP contribution in [0.4, 0.5) is 13.2 Å². The fraction of sp³-hybridized carbons (Fsp3) is 0.379. The summed E-state index contributed by atoms with van der Waals surface area (Å²) in [6, 6.07) is 18.5. The highest BCUT2D eigenvalue weighted by atomic mass is 19.1. The van der Waals surface area contributed by atoms with Gasteiger partial charge in [-0.3, -0.25) is 4.90 Å². The standard InChI is InChI=1S/C29H33F3N2O2/c30-25-9-3-22(4-10-25)28(35)2-1-15-33-16-18-34(19-17-33)20-21-36-29(23-5-11-26(31)12-6-23)24-7-13-27(32)14-8-24/h3-14,28-29,35H,1-2,15-21H2. The van der Waals surface area contributed by atoms with Crippen molar-refractivity contribution in [2.45, 2.75) is 25.0 Å². The van der Waals surface area contributed by atoms with Gasteiger partial charge < -0.3 is 14.7 Å². The van der Waals surface area contributed by atoms with Gasteiger partial charge in [-0.15, -0.1) is 0 Å². The maximum atomic E-state index is 13.4. The van der Waals surface area contributed by atoms with Gasteiger partial charge in [0.05, 0.1) is 12.7 Å². The molecule has 1 N–H and O–H groups in total. The number of hydrogen-bond donors (Lipinski definition) is 1. The molecule has 4 nitrogen and oxygen atoms in total. The fourth-order valence-corrected chi connectivity index (χ4v) is 4.56. The Labute approximate surface area is 210 Å². The first-order valence-corrected chi connectivity index (χ1v) is 12.5. The summed E-state index contributed by atoms with van der Waals surface area (Å²) in [4.78, 5) is 4.75. The molecule has 1 aliphatic rings. The normalized spacial score (nSPS) is 15.9. The summed E-state index contributed by atoms with van der Waals surface area (Å²) < 4.78 is 46.1. The quantitative estimate of drug-likeness (QED) is 0.387. The minimum atomic E-state index is -0.570. The van der Waals surface area contributed by atoms with Crippen LogP contribution in [0.15, 0.2) is 72.8 Å². The number of aliphatic hydroxyl groups excluding tert-OH is 1. The third-order valence-corrected chi connectivity index (χ3v) is 6.71. The average Bonchev–Trinajstić information content (AvgIpc) is 2.89. The Morgan fingerprint density at radius 2 is 1.06 bits per heavy atom. The minimum absolute atomic E-state index is 0.296. The Hall–Kier alpha value is -2.71. The molecule has 0 bridgehead atoms. The molecular formula is C29H33F3N2O2. The molecule has 0 saturated carbocycles. The van der Waals surface area contributed by atoms with Gasteiger partial charge in [-0.05, 0) is 72.5 Å². The smallest absolute Gasteiger partial charge is 0.123 e.